The predicted octanol–water partition coefficient (Wildman–Crippen LogP) is 5.86. The SMILES string of the molecule is COc1ccc(CCN2C(=O)c3oc4cc(C)c(Cl)cc4c(=O)c3[C@H]2c2ccc(C)cc2)cc1. The lowest BCUT2D eigenvalue weighted by Gasteiger charge is -2.25. The van der Waals surface area contributed by atoms with Gasteiger partial charge in [0, 0.05) is 11.6 Å². The smallest absolute Gasteiger partial charge is 0.290 e. The Morgan fingerprint density at radius 3 is 2.38 bits per heavy atom. The molecule has 2 heterocycles. The van der Waals surface area contributed by atoms with Crippen LogP contribution in [0.5, 0.6) is 5.75 Å². The van der Waals surface area contributed by atoms with Gasteiger partial charge in [-0.25, -0.2) is 0 Å². The summed E-state index contributed by atoms with van der Waals surface area (Å²) in [4.78, 5) is 29.0. The summed E-state index contributed by atoms with van der Waals surface area (Å²) in [6, 6.07) is 18.5. The lowest BCUT2D eigenvalue weighted by Crippen LogP contribution is -2.31. The normalized spacial score (nSPS) is 15.1. The van der Waals surface area contributed by atoms with Gasteiger partial charge in [0.2, 0.25) is 5.76 Å². The molecule has 1 atom stereocenters. The number of amides is 1. The van der Waals surface area contributed by atoms with Gasteiger partial charge in [-0.1, -0.05) is 53.6 Å². The fourth-order valence-electron chi connectivity index (χ4n) is 4.51. The fraction of sp³-hybridized carbons (Fsp3) is 0.214. The number of fused-ring (bicyclic) bond motifs is 2. The first-order valence-electron chi connectivity index (χ1n) is 11.1. The first kappa shape index (κ1) is 22.2. The van der Waals surface area contributed by atoms with Gasteiger partial charge in [-0.15, -0.1) is 0 Å². The summed E-state index contributed by atoms with van der Waals surface area (Å²) in [7, 11) is 1.63. The lowest BCUT2D eigenvalue weighted by atomic mass is 9.97. The van der Waals surface area contributed by atoms with Crippen LogP contribution < -0.4 is 10.2 Å². The lowest BCUT2D eigenvalue weighted by molar-refractivity contribution is 0.0730. The highest BCUT2D eigenvalue weighted by Crippen LogP contribution is 2.39. The molecular formula is C28H24ClNO4. The maximum absolute atomic E-state index is 13.7. The van der Waals surface area contributed by atoms with Crippen LogP contribution in [0.3, 0.4) is 0 Å². The number of benzene rings is 3. The first-order valence-corrected chi connectivity index (χ1v) is 11.5. The van der Waals surface area contributed by atoms with E-state index in [1.54, 1.807) is 24.1 Å². The Hall–Kier alpha value is -3.57. The van der Waals surface area contributed by atoms with Crippen molar-refractivity contribution in [1.29, 1.82) is 0 Å². The van der Waals surface area contributed by atoms with Crippen molar-refractivity contribution in [1.82, 2.24) is 4.90 Å². The molecule has 1 aromatic heterocycles. The summed E-state index contributed by atoms with van der Waals surface area (Å²) < 4.78 is 11.3. The van der Waals surface area contributed by atoms with Crippen molar-refractivity contribution < 1.29 is 13.9 Å². The molecule has 0 aliphatic carbocycles. The van der Waals surface area contributed by atoms with Crippen molar-refractivity contribution in [3.8, 4) is 5.75 Å². The van der Waals surface area contributed by atoms with Gasteiger partial charge in [-0.3, -0.25) is 9.59 Å². The quantitative estimate of drug-likeness (QED) is 0.364. The van der Waals surface area contributed by atoms with Gasteiger partial charge >= 0.3 is 0 Å². The zero-order valence-corrected chi connectivity index (χ0v) is 20.0. The molecule has 5 nitrogen and oxygen atoms in total. The molecule has 0 unspecified atom stereocenters. The molecule has 3 aromatic carbocycles. The summed E-state index contributed by atoms with van der Waals surface area (Å²) in [6.45, 7) is 4.28. The Morgan fingerprint density at radius 1 is 1.00 bits per heavy atom. The zero-order chi connectivity index (χ0) is 24.0. The molecule has 34 heavy (non-hydrogen) atoms. The number of methoxy groups -OCH3 is 1. The molecule has 5 rings (SSSR count). The second-order valence-electron chi connectivity index (χ2n) is 8.68. The van der Waals surface area contributed by atoms with Gasteiger partial charge in [0.15, 0.2) is 5.43 Å². The summed E-state index contributed by atoms with van der Waals surface area (Å²) in [5.74, 6) is 0.613. The number of halogens is 1. The van der Waals surface area contributed by atoms with Gasteiger partial charge < -0.3 is 14.1 Å². The average Bonchev–Trinajstić information content (AvgIpc) is 3.11. The van der Waals surface area contributed by atoms with Crippen LogP contribution in [0.1, 0.15) is 44.4 Å². The van der Waals surface area contributed by atoms with E-state index >= 15 is 0 Å². The van der Waals surface area contributed by atoms with E-state index in [4.69, 9.17) is 20.8 Å². The highest BCUT2D eigenvalue weighted by Gasteiger charge is 2.42. The van der Waals surface area contributed by atoms with Gasteiger partial charge in [0.1, 0.15) is 11.3 Å². The van der Waals surface area contributed by atoms with Crippen LogP contribution in [0.4, 0.5) is 0 Å². The topological polar surface area (TPSA) is 59.8 Å². The number of aryl methyl sites for hydroxylation is 2. The van der Waals surface area contributed by atoms with E-state index in [9.17, 15) is 9.59 Å². The molecule has 4 aromatic rings. The van der Waals surface area contributed by atoms with Crippen molar-refractivity contribution in [2.45, 2.75) is 26.3 Å². The van der Waals surface area contributed by atoms with Crippen LogP contribution in [-0.4, -0.2) is 24.5 Å². The third-order valence-corrected chi connectivity index (χ3v) is 6.85. The highest BCUT2D eigenvalue weighted by molar-refractivity contribution is 6.32. The third kappa shape index (κ3) is 3.76. The summed E-state index contributed by atoms with van der Waals surface area (Å²) >= 11 is 6.31. The molecule has 0 saturated heterocycles. The van der Waals surface area contributed by atoms with Crippen LogP contribution in [-0.2, 0) is 6.42 Å². The highest BCUT2D eigenvalue weighted by atomic mass is 35.5. The number of hydrogen-bond donors (Lipinski definition) is 0. The van der Waals surface area contributed by atoms with Crippen LogP contribution in [0.25, 0.3) is 11.0 Å². The van der Waals surface area contributed by atoms with E-state index < -0.39 is 6.04 Å². The monoisotopic (exact) mass is 473 g/mol. The molecule has 0 spiro atoms. The van der Waals surface area contributed by atoms with Crippen molar-refractivity contribution in [2.75, 3.05) is 13.7 Å². The molecule has 1 amide bonds. The van der Waals surface area contributed by atoms with Crippen molar-refractivity contribution in [3.63, 3.8) is 0 Å². The Kier molecular flexibility index (Phi) is 5.66. The molecule has 0 bridgehead atoms. The summed E-state index contributed by atoms with van der Waals surface area (Å²) in [6.07, 6.45) is 0.630. The van der Waals surface area contributed by atoms with Gasteiger partial charge in [-0.05, 0) is 61.2 Å². The summed E-state index contributed by atoms with van der Waals surface area (Å²) in [5, 5.41) is 0.878. The minimum absolute atomic E-state index is 0.111. The Balaban J connectivity index is 1.61. The second-order valence-corrected chi connectivity index (χ2v) is 9.09. The summed E-state index contributed by atoms with van der Waals surface area (Å²) in [5.41, 5.74) is 4.36. The molecule has 6 heteroatoms. The second kappa shape index (κ2) is 8.65. The maximum atomic E-state index is 13.7. The molecule has 0 saturated carbocycles. The van der Waals surface area contributed by atoms with Crippen LogP contribution in [0.15, 0.2) is 69.9 Å². The van der Waals surface area contributed by atoms with E-state index in [1.807, 2.05) is 62.4 Å². The Morgan fingerprint density at radius 2 is 1.71 bits per heavy atom. The maximum Gasteiger partial charge on any atom is 0.290 e. The van der Waals surface area contributed by atoms with E-state index in [2.05, 4.69) is 0 Å². The van der Waals surface area contributed by atoms with E-state index in [0.29, 0.717) is 34.5 Å². The first-order chi connectivity index (χ1) is 16.4. The van der Waals surface area contributed by atoms with E-state index in [-0.39, 0.29) is 17.1 Å². The third-order valence-electron chi connectivity index (χ3n) is 6.44. The minimum Gasteiger partial charge on any atom is -0.497 e. The standard InChI is InChI=1S/C28H24ClNO4/c1-16-4-8-19(9-5-16)25-24-26(31)21-15-22(29)17(2)14-23(21)34-27(24)28(32)30(25)13-12-18-6-10-20(33-3)11-7-18/h4-11,14-15,25H,12-13H2,1-3H3/t25-/m1/s1. The Bertz CT molecular complexity index is 1460. The number of carbonyl (C=O) groups excluding carboxylic acids is 1. The molecule has 0 fully saturated rings. The molecule has 1 aliphatic heterocycles. The largest absolute Gasteiger partial charge is 0.497 e. The number of carbonyl (C=O) groups is 1. The van der Waals surface area contributed by atoms with E-state index in [1.165, 1.54) is 0 Å². The molecule has 172 valence electrons. The number of rotatable bonds is 5. The number of nitrogens with zero attached hydrogens (tertiary/aromatic N) is 1. The van der Waals surface area contributed by atoms with E-state index in [0.717, 1.165) is 28.0 Å². The van der Waals surface area contributed by atoms with Gasteiger partial charge in [0.25, 0.3) is 5.91 Å². The zero-order valence-electron chi connectivity index (χ0n) is 19.2. The van der Waals surface area contributed by atoms with Crippen LogP contribution in [0, 0.1) is 13.8 Å². The van der Waals surface area contributed by atoms with Crippen LogP contribution >= 0.6 is 11.6 Å². The van der Waals surface area contributed by atoms with Crippen LogP contribution in [0.2, 0.25) is 5.02 Å². The number of hydrogen-bond acceptors (Lipinski definition) is 4. The fourth-order valence-corrected chi connectivity index (χ4v) is 4.67. The number of ether oxygens (including phenoxy) is 1. The average molecular weight is 474 g/mol. The molecule has 1 aliphatic rings. The van der Waals surface area contributed by atoms with Crippen molar-refractivity contribution in [2.24, 2.45) is 0 Å². The molecular weight excluding hydrogens is 450 g/mol. The predicted molar refractivity (Wildman–Crippen MR) is 133 cm³/mol. The molecule has 0 radical (unpaired) electrons. The van der Waals surface area contributed by atoms with Gasteiger partial charge in [-0.2, -0.15) is 0 Å². The Labute approximate surface area is 202 Å². The van der Waals surface area contributed by atoms with Crippen molar-refractivity contribution >= 4 is 28.5 Å². The minimum atomic E-state index is -0.526. The van der Waals surface area contributed by atoms with Gasteiger partial charge in [0.05, 0.1) is 24.1 Å². The van der Waals surface area contributed by atoms with Crippen molar-refractivity contribution in [3.05, 3.63) is 109 Å². The molecule has 0 N–H and O–H groups in total.